The number of rotatable bonds is 40. The van der Waals surface area contributed by atoms with Crippen molar-refractivity contribution < 1.29 is 107 Å². The monoisotopic (exact) mass is 1640 g/mol. The minimum absolute atomic E-state index is 0.00503. The Balaban J connectivity index is 1.64. The van der Waals surface area contributed by atoms with Crippen LogP contribution in [0.3, 0.4) is 0 Å². The van der Waals surface area contributed by atoms with Crippen molar-refractivity contribution in [3.63, 3.8) is 0 Å². The van der Waals surface area contributed by atoms with Crippen LogP contribution in [0.5, 0.6) is 5.75 Å². The van der Waals surface area contributed by atoms with Gasteiger partial charge in [0.15, 0.2) is 0 Å². The van der Waals surface area contributed by atoms with E-state index >= 15 is 0 Å². The van der Waals surface area contributed by atoms with E-state index in [1.165, 1.54) is 24.3 Å². The number of benzene rings is 1. The fourth-order valence-corrected chi connectivity index (χ4v) is 14.1. The minimum atomic E-state index is -2.11. The molecule has 115 heavy (non-hydrogen) atoms. The molecule has 3 saturated heterocycles. The largest absolute Gasteiger partial charge is 0.508 e. The van der Waals surface area contributed by atoms with E-state index < -0.39 is 212 Å². The molecule has 644 valence electrons. The smallest absolute Gasteiger partial charge is 0.325 e. The molecule has 18 atom stereocenters. The lowest BCUT2D eigenvalue weighted by Gasteiger charge is -2.30. The number of fused-ring (bicyclic) bond motifs is 1. The molecule has 0 aliphatic carbocycles. The predicted octanol–water partition coefficient (Wildman–Crippen LogP) is -5.45. The molecule has 40 nitrogen and oxygen atoms in total. The highest BCUT2D eigenvalue weighted by Gasteiger charge is 2.44. The molecule has 0 spiro atoms. The summed E-state index contributed by atoms with van der Waals surface area (Å²) in [6, 6.07) is -13.1. The Bertz CT molecular complexity index is 3500. The summed E-state index contributed by atoms with van der Waals surface area (Å²) in [5.74, 6) is -17.6. The number of carbonyl (C=O) groups excluding carboxylic acids is 16. The van der Waals surface area contributed by atoms with E-state index in [4.69, 9.17) is 5.73 Å². The second-order valence-corrected chi connectivity index (χ2v) is 31.0. The molecule has 4 rings (SSSR count). The quantitative estimate of drug-likeness (QED) is 0.0215. The molecule has 1 aromatic carbocycles. The first-order valence-electron chi connectivity index (χ1n) is 39.2. The summed E-state index contributed by atoms with van der Waals surface area (Å²) in [5.41, 5.74) is 6.14. The Morgan fingerprint density at radius 3 is 1.84 bits per heavy atom. The van der Waals surface area contributed by atoms with Crippen LogP contribution in [0.25, 0.3) is 0 Å². The molecule has 3 fully saturated rings. The number of amides is 17. The third kappa shape index (κ3) is 33.8. The van der Waals surface area contributed by atoms with Gasteiger partial charge in [-0.15, -0.1) is 0 Å². The molecule has 3 unspecified atom stereocenters. The van der Waals surface area contributed by atoms with Crippen LogP contribution in [0.1, 0.15) is 164 Å². The van der Waals surface area contributed by atoms with Gasteiger partial charge in [-0.05, 0) is 114 Å². The van der Waals surface area contributed by atoms with Crippen molar-refractivity contribution in [2.24, 2.45) is 23.5 Å². The number of thioether (sulfide) groups is 1. The van der Waals surface area contributed by atoms with Crippen LogP contribution in [-0.4, -0.2) is 267 Å². The number of phenolic OH excluding ortho intramolecular Hbond substituents is 1. The van der Waals surface area contributed by atoms with Gasteiger partial charge in [-0.3, -0.25) is 76.7 Å². The number of unbranched alkanes of at least 4 members (excludes halogenated alkanes) is 4. The molecule has 3 aliphatic heterocycles. The highest BCUT2D eigenvalue weighted by atomic mass is 32.2. The minimum Gasteiger partial charge on any atom is -0.508 e. The molecular formula is C74H120N18O22S. The summed E-state index contributed by atoms with van der Waals surface area (Å²) < 4.78 is 0. The maximum Gasteiger partial charge on any atom is 0.325 e. The summed E-state index contributed by atoms with van der Waals surface area (Å²) >= 11 is 1.81. The number of carboxylic acids is 1. The molecule has 0 aromatic heterocycles. The van der Waals surface area contributed by atoms with Gasteiger partial charge in [0.2, 0.25) is 88.6 Å². The van der Waals surface area contributed by atoms with E-state index in [9.17, 15) is 107 Å². The average molecular weight is 1650 g/mol. The van der Waals surface area contributed by atoms with Crippen molar-refractivity contribution in [3.8, 4) is 5.75 Å². The molecule has 0 bridgehead atoms. The number of phenols is 1. The molecule has 3 heterocycles. The summed E-state index contributed by atoms with van der Waals surface area (Å²) in [4.78, 5) is 233. The first kappa shape index (κ1) is 97.4. The number of carboxylic acid groups (broad SMARTS) is 1. The van der Waals surface area contributed by atoms with Crippen molar-refractivity contribution >= 4 is 112 Å². The lowest BCUT2D eigenvalue weighted by atomic mass is 9.96. The van der Waals surface area contributed by atoms with E-state index in [1.54, 1.807) is 41.5 Å². The predicted molar refractivity (Wildman–Crippen MR) is 417 cm³/mol. The lowest BCUT2D eigenvalue weighted by Crippen LogP contribution is -2.64. The second kappa shape index (κ2) is 49.7. The molecule has 0 radical (unpaired) electrons. The Morgan fingerprint density at radius 1 is 0.583 bits per heavy atom. The normalized spacial score (nSPS) is 22.9. The van der Waals surface area contributed by atoms with Gasteiger partial charge in [-0.25, -0.2) is 4.79 Å². The number of urea groups is 1. The average Bonchev–Trinajstić information content (AvgIpc) is 1.57. The van der Waals surface area contributed by atoms with Crippen LogP contribution in [-0.2, 0) is 83.1 Å². The molecule has 0 saturated carbocycles. The summed E-state index contributed by atoms with van der Waals surface area (Å²) in [7, 11) is 0. The maximum absolute atomic E-state index is 14.7. The number of nitrogens with two attached hydrogens (primary N) is 1. The van der Waals surface area contributed by atoms with E-state index in [1.807, 2.05) is 11.8 Å². The highest BCUT2D eigenvalue weighted by molar-refractivity contribution is 8.00. The number of hydrogen-bond acceptors (Lipinski definition) is 23. The highest BCUT2D eigenvalue weighted by Crippen LogP contribution is 2.33. The van der Waals surface area contributed by atoms with Crippen molar-refractivity contribution in [1.29, 1.82) is 0 Å². The molecule has 1 aromatic rings. The van der Waals surface area contributed by atoms with Crippen molar-refractivity contribution in [3.05, 3.63) is 29.8 Å². The standard InChI is InChI=1S/C74H120N18O22S/c1-10-38(5)58(88-54(98)22-13-12-18-28-76-53(97)21-15-14-20-52-62-51(36-115-52)87-74(114)92-62)69(108)84-47(30-43-23-25-44(96)26-24-43)63(102)78-34-57(101)82-48-31-55(99)77-32-49(68(107)90-61(42(9)95)72(111)91-60(41(8)94)71(110)80-40(7)73(112)113)85-70(109)59(39(6)11-2)89-67(106)46(29-37(3)4)83-65(104)45(19-16-17-27-75)81-56(100)33-79-64(103)50(35-93)86-66(48)105/h23-26,37-42,45-52,58-62,93-96H,10-22,27-36,75H2,1-9H3,(H,76,97)(H,77,99)(H,78,102)(H,79,103)(H,80,110)(H,81,100)(H,82,101)(H,83,104)(H,84,108)(H,85,109)(H,86,105)(H,88,98)(H,89,106)(H,90,107)(H,91,111)(H,112,113)(H2,87,92,114)/t38-,39-,40-,41+,42+,45-,46-,47-,48?,49?,50?,51-,52-,58-,59-,60-,61-,62-/m0/s1. The molecule has 24 N–H and O–H groups in total. The van der Waals surface area contributed by atoms with Crippen molar-refractivity contribution in [2.45, 2.75) is 261 Å². The van der Waals surface area contributed by atoms with E-state index in [-0.39, 0.29) is 86.0 Å². The van der Waals surface area contributed by atoms with Gasteiger partial charge < -0.3 is 122 Å². The molecular weight excluding hydrogens is 1520 g/mol. The van der Waals surface area contributed by atoms with E-state index in [0.29, 0.717) is 57.1 Å². The zero-order chi connectivity index (χ0) is 85.8. The number of aliphatic carboxylic acids is 1. The van der Waals surface area contributed by atoms with E-state index in [2.05, 4.69) is 90.4 Å². The number of nitrogens with one attached hydrogen (secondary N) is 17. The van der Waals surface area contributed by atoms with Crippen LogP contribution in [0.4, 0.5) is 4.79 Å². The summed E-state index contributed by atoms with van der Waals surface area (Å²) in [6.45, 7) is 9.78. The van der Waals surface area contributed by atoms with Crippen LogP contribution >= 0.6 is 11.8 Å². The first-order chi connectivity index (χ1) is 54.4. The Morgan fingerprint density at radius 2 is 1.21 bits per heavy atom. The topological polar surface area (TPSA) is 622 Å². The van der Waals surface area contributed by atoms with Gasteiger partial charge >= 0.3 is 12.0 Å². The molecule has 3 aliphatic rings. The number of aromatic hydroxyl groups is 1. The third-order valence-corrected chi connectivity index (χ3v) is 21.2. The number of hydrogen-bond donors (Lipinski definition) is 23. The van der Waals surface area contributed by atoms with Gasteiger partial charge in [0.1, 0.15) is 72.2 Å². The number of aliphatic hydroxyl groups excluding tert-OH is 3. The second-order valence-electron chi connectivity index (χ2n) is 29.7. The molecule has 41 heteroatoms. The first-order valence-corrected chi connectivity index (χ1v) is 40.2. The Labute approximate surface area is 672 Å². The lowest BCUT2D eigenvalue weighted by molar-refractivity contribution is -0.142. The van der Waals surface area contributed by atoms with Crippen LogP contribution in [0.2, 0.25) is 0 Å². The number of aliphatic hydroxyl groups is 3. The molecule has 17 amide bonds. The van der Waals surface area contributed by atoms with Crippen LogP contribution < -0.4 is 96.1 Å². The summed E-state index contributed by atoms with van der Waals surface area (Å²) in [5, 5.41) is 94.0. The fourth-order valence-electron chi connectivity index (χ4n) is 12.5. The van der Waals surface area contributed by atoms with Crippen molar-refractivity contribution in [1.82, 2.24) is 90.4 Å². The van der Waals surface area contributed by atoms with E-state index in [0.717, 1.165) is 39.4 Å². The third-order valence-electron chi connectivity index (χ3n) is 19.7. The van der Waals surface area contributed by atoms with Crippen LogP contribution in [0, 0.1) is 17.8 Å². The van der Waals surface area contributed by atoms with Crippen LogP contribution in [0.15, 0.2) is 24.3 Å². The Kier molecular flexibility index (Phi) is 42.1. The zero-order valence-corrected chi connectivity index (χ0v) is 67.5. The van der Waals surface area contributed by atoms with Gasteiger partial charge in [-0.1, -0.05) is 79.4 Å². The number of carbonyl (C=O) groups is 17. The van der Waals surface area contributed by atoms with Gasteiger partial charge in [0, 0.05) is 43.4 Å². The van der Waals surface area contributed by atoms with Gasteiger partial charge in [-0.2, -0.15) is 11.8 Å². The Hall–Kier alpha value is -10.00. The fraction of sp³-hybridized carbons (Fsp3) is 0.689. The van der Waals surface area contributed by atoms with Gasteiger partial charge in [0.25, 0.3) is 0 Å². The van der Waals surface area contributed by atoms with Crippen molar-refractivity contribution in [2.75, 3.05) is 45.1 Å². The maximum atomic E-state index is 14.7. The van der Waals surface area contributed by atoms with Gasteiger partial charge in [0.05, 0.1) is 50.4 Å². The SMILES string of the molecule is CC[C@H](C)[C@H](NC(=O)CCCCCNC(=O)CCCC[C@@H]1SC[C@@H]2NC(=O)N[C@@H]21)C(=O)N[C@@H](Cc1ccc(O)cc1)C(=O)NCC(=O)NC1CC(=O)NCC(C(=O)N[C@H](C(=O)N[C@H](C(=O)N[C@@H](C)C(=O)O)[C@@H](C)O)[C@@H](C)O)NC(=O)[C@H]([C@@H](C)CC)NC(=O)[C@H](CC(C)C)NC(=O)[C@H](CCCCN)NC(=O)CNC(=O)C(CO)NC1=O. The summed E-state index contributed by atoms with van der Waals surface area (Å²) in [6.07, 6.45) is 0.370. The zero-order valence-electron chi connectivity index (χ0n) is 66.7.